The summed E-state index contributed by atoms with van der Waals surface area (Å²) in [6.45, 7) is 0.795. The molecule has 1 aromatic carbocycles. The summed E-state index contributed by atoms with van der Waals surface area (Å²) in [4.78, 5) is 4.28. The number of hydrogen-bond acceptors (Lipinski definition) is 3. The maximum Gasteiger partial charge on any atom is 0.201 e. The first-order chi connectivity index (χ1) is 8.63. The number of benzene rings is 1. The lowest BCUT2D eigenvalue weighted by Crippen LogP contribution is -2.04. The van der Waals surface area contributed by atoms with Crippen LogP contribution in [0, 0.1) is 9.39 Å². The van der Waals surface area contributed by atoms with Gasteiger partial charge < -0.3 is 10.3 Å². The van der Waals surface area contributed by atoms with Crippen molar-refractivity contribution in [2.75, 3.05) is 17.7 Å². The Kier molecular flexibility index (Phi) is 4.71. The van der Waals surface area contributed by atoms with Crippen LogP contribution in [0.15, 0.2) is 12.1 Å². The zero-order valence-electron chi connectivity index (χ0n) is 10.1. The lowest BCUT2D eigenvalue weighted by molar-refractivity contribution is 0.618. The topological polar surface area (TPSA) is 43.8 Å². The molecule has 98 valence electrons. The van der Waals surface area contributed by atoms with Crippen molar-refractivity contribution in [3.8, 4) is 0 Å². The number of thioether (sulfide) groups is 1. The number of aromatic nitrogens is 2. The smallest absolute Gasteiger partial charge is 0.201 e. The molecule has 1 aromatic heterocycles. The van der Waals surface area contributed by atoms with Crippen LogP contribution in [-0.4, -0.2) is 21.6 Å². The molecule has 0 spiro atoms. The number of nitrogens with zero attached hydrogens (tertiary/aromatic N) is 2. The largest absolute Gasteiger partial charge is 0.369 e. The van der Waals surface area contributed by atoms with Crippen molar-refractivity contribution in [1.82, 2.24) is 9.55 Å². The van der Waals surface area contributed by atoms with Gasteiger partial charge in [0.25, 0.3) is 0 Å². The fourth-order valence-electron chi connectivity index (χ4n) is 1.89. The molecule has 0 aliphatic carbocycles. The first-order valence-electron chi connectivity index (χ1n) is 5.73. The van der Waals surface area contributed by atoms with Crippen molar-refractivity contribution >= 4 is 51.3 Å². The van der Waals surface area contributed by atoms with E-state index < -0.39 is 0 Å². The molecule has 0 fully saturated rings. The molecule has 0 bridgehead atoms. The van der Waals surface area contributed by atoms with Gasteiger partial charge in [0, 0.05) is 12.6 Å². The molecule has 0 unspecified atom stereocenters. The molecule has 0 amide bonds. The van der Waals surface area contributed by atoms with E-state index in [4.69, 9.17) is 5.73 Å². The molecule has 0 atom stereocenters. The van der Waals surface area contributed by atoms with Crippen LogP contribution in [0.3, 0.4) is 0 Å². The highest BCUT2D eigenvalue weighted by Crippen LogP contribution is 2.23. The number of aryl methyl sites for hydroxylation is 1. The maximum absolute atomic E-state index is 13.6. The normalized spacial score (nSPS) is 11.3. The van der Waals surface area contributed by atoms with E-state index in [0.717, 1.165) is 36.2 Å². The van der Waals surface area contributed by atoms with Gasteiger partial charge in [-0.15, -0.1) is 0 Å². The fourth-order valence-corrected chi connectivity index (χ4v) is 2.83. The summed E-state index contributed by atoms with van der Waals surface area (Å²) < 4.78 is 16.1. The number of rotatable bonds is 5. The molecule has 0 aliphatic rings. The predicted molar refractivity (Wildman–Crippen MR) is 84.4 cm³/mol. The molecule has 2 rings (SSSR count). The number of hydrogen-bond donors (Lipinski definition) is 1. The zero-order valence-corrected chi connectivity index (χ0v) is 13.1. The summed E-state index contributed by atoms with van der Waals surface area (Å²) in [6, 6.07) is 3.26. The Morgan fingerprint density at radius 2 is 2.22 bits per heavy atom. The Balaban J connectivity index is 2.26. The lowest BCUT2D eigenvalue weighted by Gasteiger charge is -2.06. The standard InChI is InChI=1S/C12H15FIN3S/c1-18-5-3-2-4-17-11-6-8(13)9(14)7-10(11)16-12(17)15/h6-7H,2-5H2,1H3,(H2,15,16). The summed E-state index contributed by atoms with van der Waals surface area (Å²) in [6.07, 6.45) is 4.26. The van der Waals surface area contributed by atoms with Crippen LogP contribution < -0.4 is 5.73 Å². The number of imidazole rings is 1. The molecule has 0 saturated heterocycles. The third-order valence-electron chi connectivity index (χ3n) is 2.80. The van der Waals surface area contributed by atoms with Crippen LogP contribution in [0.4, 0.5) is 10.3 Å². The summed E-state index contributed by atoms with van der Waals surface area (Å²) in [7, 11) is 0. The molecule has 2 aromatic rings. The van der Waals surface area contributed by atoms with Crippen LogP contribution in [0.1, 0.15) is 12.8 Å². The summed E-state index contributed by atoms with van der Waals surface area (Å²) in [5.74, 6) is 1.39. The molecule has 2 N–H and O–H groups in total. The Morgan fingerprint density at radius 1 is 1.44 bits per heavy atom. The molecule has 0 aliphatic heterocycles. The number of nitrogen functional groups attached to an aromatic ring is 1. The van der Waals surface area contributed by atoms with Gasteiger partial charge in [0.1, 0.15) is 5.82 Å². The van der Waals surface area contributed by atoms with Crippen molar-refractivity contribution in [2.45, 2.75) is 19.4 Å². The van der Waals surface area contributed by atoms with Crippen LogP contribution >= 0.6 is 34.4 Å². The Bertz CT molecular complexity index is 556. The average molecular weight is 379 g/mol. The van der Waals surface area contributed by atoms with Crippen LogP contribution in [0.2, 0.25) is 0 Å². The van der Waals surface area contributed by atoms with E-state index in [2.05, 4.69) is 11.2 Å². The Hall–Kier alpha value is -0.500. The lowest BCUT2D eigenvalue weighted by atomic mass is 10.3. The van der Waals surface area contributed by atoms with E-state index in [1.807, 2.05) is 38.9 Å². The molecule has 1 heterocycles. The first-order valence-corrected chi connectivity index (χ1v) is 8.20. The average Bonchev–Trinajstić information content (AvgIpc) is 2.62. The highest BCUT2D eigenvalue weighted by Gasteiger charge is 2.11. The number of halogens is 2. The Labute approximate surface area is 123 Å². The van der Waals surface area contributed by atoms with Crippen LogP contribution in [0.25, 0.3) is 11.0 Å². The minimum Gasteiger partial charge on any atom is -0.369 e. The van der Waals surface area contributed by atoms with Gasteiger partial charge in [-0.3, -0.25) is 0 Å². The molecule has 3 nitrogen and oxygen atoms in total. The number of fused-ring (bicyclic) bond motifs is 1. The minimum absolute atomic E-state index is 0.214. The van der Waals surface area contributed by atoms with Gasteiger partial charge in [-0.05, 0) is 53.5 Å². The second-order valence-electron chi connectivity index (χ2n) is 4.08. The van der Waals surface area contributed by atoms with Crippen molar-refractivity contribution < 1.29 is 4.39 Å². The quantitative estimate of drug-likeness (QED) is 0.639. The van der Waals surface area contributed by atoms with Crippen LogP contribution in [-0.2, 0) is 6.54 Å². The van der Waals surface area contributed by atoms with Gasteiger partial charge in [-0.1, -0.05) is 0 Å². The number of unbranched alkanes of at least 4 members (excludes halogenated alkanes) is 1. The molecular formula is C12H15FIN3S. The second-order valence-corrected chi connectivity index (χ2v) is 6.22. The van der Waals surface area contributed by atoms with Gasteiger partial charge in [0.15, 0.2) is 0 Å². The molecule has 0 radical (unpaired) electrons. The monoisotopic (exact) mass is 379 g/mol. The molecule has 0 saturated carbocycles. The third kappa shape index (κ3) is 2.90. The van der Waals surface area contributed by atoms with Crippen molar-refractivity contribution in [3.05, 3.63) is 21.5 Å². The third-order valence-corrected chi connectivity index (χ3v) is 4.32. The number of nitrogens with two attached hydrogens (primary N) is 1. The zero-order chi connectivity index (χ0) is 13.1. The number of anilines is 1. The summed E-state index contributed by atoms with van der Waals surface area (Å²) in [5, 5.41) is 0. The summed E-state index contributed by atoms with van der Waals surface area (Å²) >= 11 is 3.80. The van der Waals surface area contributed by atoms with Crippen molar-refractivity contribution in [1.29, 1.82) is 0 Å². The minimum atomic E-state index is -0.214. The maximum atomic E-state index is 13.6. The fraction of sp³-hybridized carbons (Fsp3) is 0.417. The van der Waals surface area contributed by atoms with E-state index in [-0.39, 0.29) is 5.82 Å². The van der Waals surface area contributed by atoms with Gasteiger partial charge in [-0.25, -0.2) is 9.37 Å². The van der Waals surface area contributed by atoms with E-state index in [9.17, 15) is 4.39 Å². The molecular weight excluding hydrogens is 364 g/mol. The Morgan fingerprint density at radius 3 is 2.94 bits per heavy atom. The van der Waals surface area contributed by atoms with Gasteiger partial charge in [0.2, 0.25) is 5.95 Å². The van der Waals surface area contributed by atoms with Gasteiger partial charge in [-0.2, -0.15) is 11.8 Å². The van der Waals surface area contributed by atoms with E-state index >= 15 is 0 Å². The van der Waals surface area contributed by atoms with Gasteiger partial charge >= 0.3 is 0 Å². The molecule has 18 heavy (non-hydrogen) atoms. The van der Waals surface area contributed by atoms with E-state index in [1.165, 1.54) is 6.07 Å². The summed E-state index contributed by atoms with van der Waals surface area (Å²) in [5.41, 5.74) is 7.44. The van der Waals surface area contributed by atoms with E-state index in [0.29, 0.717) is 9.52 Å². The van der Waals surface area contributed by atoms with Crippen molar-refractivity contribution in [3.63, 3.8) is 0 Å². The van der Waals surface area contributed by atoms with Gasteiger partial charge in [0.05, 0.1) is 14.6 Å². The van der Waals surface area contributed by atoms with Crippen molar-refractivity contribution in [2.24, 2.45) is 0 Å². The van der Waals surface area contributed by atoms with E-state index in [1.54, 1.807) is 6.07 Å². The highest BCUT2D eigenvalue weighted by molar-refractivity contribution is 14.1. The highest BCUT2D eigenvalue weighted by atomic mass is 127. The second kappa shape index (κ2) is 6.10. The SMILES string of the molecule is CSCCCCn1c(N)nc2cc(I)c(F)cc21. The predicted octanol–water partition coefficient (Wildman–Crippen LogP) is 3.51. The van der Waals surface area contributed by atoms with Crippen LogP contribution in [0.5, 0.6) is 0 Å². The molecule has 6 heteroatoms. The first kappa shape index (κ1) is 13.9.